The van der Waals surface area contributed by atoms with Gasteiger partial charge in [-0.25, -0.2) is 18.1 Å². The molecule has 0 saturated heterocycles. The van der Waals surface area contributed by atoms with E-state index < -0.39 is 10.0 Å². The Bertz CT molecular complexity index is 1520. The number of fused-ring (bicyclic) bond motifs is 4. The molecule has 1 aliphatic rings. The fraction of sp³-hybridized carbons (Fsp3) is 0.400. The molecule has 11 heteroatoms. The first-order valence-electron chi connectivity index (χ1n) is 13.7. The molecule has 0 unspecified atom stereocenters. The molecule has 10 nitrogen and oxygen atoms in total. The molecular formula is C30H37N5O5S. The van der Waals surface area contributed by atoms with Crippen molar-refractivity contribution in [2.75, 3.05) is 24.4 Å². The van der Waals surface area contributed by atoms with Crippen LogP contribution < -0.4 is 14.8 Å². The Morgan fingerprint density at radius 3 is 2.51 bits per heavy atom. The van der Waals surface area contributed by atoms with Crippen LogP contribution in [0.15, 0.2) is 53.4 Å². The lowest BCUT2D eigenvalue weighted by Crippen LogP contribution is -2.45. The van der Waals surface area contributed by atoms with Gasteiger partial charge in [0.15, 0.2) is 0 Å². The highest BCUT2D eigenvalue weighted by Crippen LogP contribution is 2.30. The Kier molecular flexibility index (Phi) is 9.27. The van der Waals surface area contributed by atoms with Gasteiger partial charge in [-0.3, -0.25) is 9.59 Å². The van der Waals surface area contributed by atoms with E-state index in [9.17, 15) is 18.0 Å². The molecule has 2 aromatic carbocycles. The van der Waals surface area contributed by atoms with Crippen LogP contribution in [0, 0.1) is 19.8 Å². The third kappa shape index (κ3) is 7.40. The SMILES string of the molecule is CC(=O)NCCCN1C(=O)c2cccc(c2)S(=O)(=O)Nc2nc(cc(-c3c(C)cccc3C)n2)OC[C@H]1CC(C)C. The van der Waals surface area contributed by atoms with E-state index >= 15 is 0 Å². The second-order valence-electron chi connectivity index (χ2n) is 10.7. The highest BCUT2D eigenvalue weighted by Gasteiger charge is 2.29. The third-order valence-corrected chi connectivity index (χ3v) is 8.20. The summed E-state index contributed by atoms with van der Waals surface area (Å²) in [4.78, 5) is 35.9. The predicted molar refractivity (Wildman–Crippen MR) is 157 cm³/mol. The van der Waals surface area contributed by atoms with E-state index in [0.29, 0.717) is 31.6 Å². The number of amides is 2. The largest absolute Gasteiger partial charge is 0.475 e. The van der Waals surface area contributed by atoms with Gasteiger partial charge >= 0.3 is 0 Å². The molecule has 1 aromatic heterocycles. The highest BCUT2D eigenvalue weighted by atomic mass is 32.2. The first-order valence-corrected chi connectivity index (χ1v) is 15.2. The van der Waals surface area contributed by atoms with Crippen LogP contribution in [-0.4, -0.2) is 60.8 Å². The summed E-state index contributed by atoms with van der Waals surface area (Å²) in [5, 5.41) is 2.77. The van der Waals surface area contributed by atoms with Crippen LogP contribution >= 0.6 is 0 Å². The first kappa shape index (κ1) is 30.0. The number of aryl methyl sites for hydroxylation is 2. The monoisotopic (exact) mass is 579 g/mol. The van der Waals surface area contributed by atoms with Gasteiger partial charge in [-0.2, -0.15) is 4.98 Å². The van der Waals surface area contributed by atoms with Crippen molar-refractivity contribution in [3.63, 3.8) is 0 Å². The number of ether oxygens (including phenoxy) is 1. The third-order valence-electron chi connectivity index (χ3n) is 6.88. The van der Waals surface area contributed by atoms with Crippen molar-refractivity contribution in [3.05, 3.63) is 65.2 Å². The van der Waals surface area contributed by atoms with Gasteiger partial charge in [-0.1, -0.05) is 38.1 Å². The molecule has 0 radical (unpaired) electrons. The van der Waals surface area contributed by atoms with Crippen molar-refractivity contribution in [1.29, 1.82) is 0 Å². The topological polar surface area (TPSA) is 131 Å². The number of sulfonamides is 1. The first-order chi connectivity index (χ1) is 19.4. The van der Waals surface area contributed by atoms with Gasteiger partial charge in [0.1, 0.15) is 6.61 Å². The molecule has 1 atom stereocenters. The Morgan fingerprint density at radius 2 is 1.83 bits per heavy atom. The van der Waals surface area contributed by atoms with Crippen LogP contribution in [0.5, 0.6) is 5.88 Å². The summed E-state index contributed by atoms with van der Waals surface area (Å²) in [6.07, 6.45) is 1.16. The smallest absolute Gasteiger partial charge is 0.264 e. The number of hydrogen-bond donors (Lipinski definition) is 2. The number of hydrogen-bond acceptors (Lipinski definition) is 7. The van der Waals surface area contributed by atoms with E-state index in [2.05, 4.69) is 33.9 Å². The van der Waals surface area contributed by atoms with E-state index in [1.165, 1.54) is 19.1 Å². The number of carbonyl (C=O) groups is 2. The van der Waals surface area contributed by atoms with Gasteiger partial charge in [0.05, 0.1) is 16.6 Å². The molecule has 4 rings (SSSR count). The predicted octanol–water partition coefficient (Wildman–Crippen LogP) is 4.34. The van der Waals surface area contributed by atoms with Crippen LogP contribution in [-0.2, 0) is 14.8 Å². The minimum absolute atomic E-state index is 0.0789. The molecular weight excluding hydrogens is 542 g/mol. The zero-order valence-corrected chi connectivity index (χ0v) is 24.9. The molecule has 3 aromatic rings. The summed E-state index contributed by atoms with van der Waals surface area (Å²) >= 11 is 0. The van der Waals surface area contributed by atoms with Gasteiger partial charge < -0.3 is 15.0 Å². The van der Waals surface area contributed by atoms with Crippen LogP contribution in [0.4, 0.5) is 5.95 Å². The molecule has 2 amide bonds. The van der Waals surface area contributed by atoms with E-state index in [-0.39, 0.29) is 52.7 Å². The lowest BCUT2D eigenvalue weighted by Gasteiger charge is -2.33. The van der Waals surface area contributed by atoms with Gasteiger partial charge in [0.25, 0.3) is 15.9 Å². The lowest BCUT2D eigenvalue weighted by atomic mass is 10.00. The van der Waals surface area contributed by atoms with E-state index in [1.54, 1.807) is 23.1 Å². The van der Waals surface area contributed by atoms with Crippen molar-refractivity contribution in [2.24, 2.45) is 5.92 Å². The summed E-state index contributed by atoms with van der Waals surface area (Å²) < 4.78 is 35.6. The normalized spacial score (nSPS) is 16.6. The number of benzene rings is 2. The summed E-state index contributed by atoms with van der Waals surface area (Å²) in [5.41, 5.74) is 3.57. The lowest BCUT2D eigenvalue weighted by molar-refractivity contribution is -0.118. The summed E-state index contributed by atoms with van der Waals surface area (Å²) in [6.45, 7) is 10.4. The molecule has 218 valence electrons. The maximum atomic E-state index is 13.9. The molecule has 0 aliphatic carbocycles. The fourth-order valence-electron chi connectivity index (χ4n) is 5.01. The highest BCUT2D eigenvalue weighted by molar-refractivity contribution is 7.92. The van der Waals surface area contributed by atoms with Crippen LogP contribution in [0.25, 0.3) is 11.3 Å². The second-order valence-corrected chi connectivity index (χ2v) is 12.4. The maximum Gasteiger partial charge on any atom is 0.264 e. The summed E-state index contributed by atoms with van der Waals surface area (Å²) in [5.74, 6) is -0.144. The molecule has 0 saturated carbocycles. The van der Waals surface area contributed by atoms with Crippen LogP contribution in [0.2, 0.25) is 0 Å². The Labute approximate surface area is 241 Å². The van der Waals surface area contributed by atoms with Gasteiger partial charge in [-0.05, 0) is 61.9 Å². The Hall–Kier alpha value is -3.99. The molecule has 4 bridgehead atoms. The number of aromatic nitrogens is 2. The molecule has 2 heterocycles. The minimum atomic E-state index is -4.13. The van der Waals surface area contributed by atoms with Crippen LogP contribution in [0.3, 0.4) is 0 Å². The standard InChI is InChI=1S/C30H37N5O5S/c1-19(2)15-24-18-40-27-17-26(28-20(3)9-6-10-21(28)4)32-30(33-27)34-41(38,39)25-12-7-11-23(16-25)29(37)35(24)14-8-13-31-22(5)36/h6-7,9-12,16-17,19,24H,8,13-15,18H2,1-5H3,(H,31,36)(H,32,33,34)/t24-/m1/s1. The van der Waals surface area contributed by atoms with E-state index in [0.717, 1.165) is 16.7 Å². The van der Waals surface area contributed by atoms with Gasteiger partial charge in [0, 0.05) is 37.2 Å². The molecule has 1 aliphatic heterocycles. The van der Waals surface area contributed by atoms with Crippen molar-refractivity contribution in [2.45, 2.75) is 58.4 Å². The zero-order chi connectivity index (χ0) is 29.7. The molecule has 0 spiro atoms. The number of nitrogens with one attached hydrogen (secondary N) is 2. The number of anilines is 1. The Morgan fingerprint density at radius 1 is 1.12 bits per heavy atom. The fourth-order valence-corrected chi connectivity index (χ4v) is 6.00. The second kappa shape index (κ2) is 12.7. The van der Waals surface area contributed by atoms with Crippen molar-refractivity contribution in [1.82, 2.24) is 20.2 Å². The summed E-state index contributed by atoms with van der Waals surface area (Å²) in [6, 6.07) is 13.2. The van der Waals surface area contributed by atoms with Gasteiger partial charge in [0.2, 0.25) is 17.7 Å². The number of carbonyl (C=O) groups excluding carboxylic acids is 2. The molecule has 0 fully saturated rings. The van der Waals surface area contributed by atoms with Crippen molar-refractivity contribution >= 4 is 27.8 Å². The van der Waals surface area contributed by atoms with Crippen LogP contribution in [0.1, 0.15) is 55.1 Å². The molecule has 2 N–H and O–H groups in total. The summed E-state index contributed by atoms with van der Waals surface area (Å²) in [7, 11) is -4.13. The van der Waals surface area contributed by atoms with Crippen molar-refractivity contribution < 1.29 is 22.7 Å². The average molecular weight is 580 g/mol. The minimum Gasteiger partial charge on any atom is -0.475 e. The zero-order valence-electron chi connectivity index (χ0n) is 24.1. The van der Waals surface area contributed by atoms with E-state index in [4.69, 9.17) is 4.74 Å². The number of rotatable bonds is 7. The number of nitrogens with zero attached hydrogens (tertiary/aromatic N) is 3. The molecule has 41 heavy (non-hydrogen) atoms. The Balaban J connectivity index is 1.83. The van der Waals surface area contributed by atoms with E-state index in [1.807, 2.05) is 32.0 Å². The maximum absolute atomic E-state index is 13.9. The average Bonchev–Trinajstić information content (AvgIpc) is 2.90. The quantitative estimate of drug-likeness (QED) is 0.398. The van der Waals surface area contributed by atoms with Crippen molar-refractivity contribution in [3.8, 4) is 17.1 Å². The van der Waals surface area contributed by atoms with Gasteiger partial charge in [-0.15, -0.1) is 0 Å².